The van der Waals surface area contributed by atoms with Crippen molar-refractivity contribution in [1.29, 1.82) is 0 Å². The van der Waals surface area contributed by atoms with Crippen LogP contribution in [0.5, 0.6) is 0 Å². The van der Waals surface area contributed by atoms with Gasteiger partial charge >= 0.3 is 164 Å². The molecular formula is C22H31O2SiSn. The molecule has 3 aromatic rings. The summed E-state index contributed by atoms with van der Waals surface area (Å²) in [7, 11) is -0.785. The first-order valence-corrected chi connectivity index (χ1v) is 21.8. The van der Waals surface area contributed by atoms with E-state index in [9.17, 15) is 0 Å². The van der Waals surface area contributed by atoms with Crippen LogP contribution < -0.4 is 3.58 Å². The Kier molecular flexibility index (Phi) is 5.37. The van der Waals surface area contributed by atoms with Gasteiger partial charge in [0.25, 0.3) is 0 Å². The second kappa shape index (κ2) is 6.99. The fraction of sp³-hybridized carbons (Fsp3) is 0.455. The summed E-state index contributed by atoms with van der Waals surface area (Å²) in [5.41, 5.74) is 3.25. The molecule has 26 heavy (non-hydrogen) atoms. The summed E-state index contributed by atoms with van der Waals surface area (Å²) < 4.78 is 14.1. The van der Waals surface area contributed by atoms with Crippen LogP contribution in [-0.2, 0) is 4.43 Å². The third-order valence-electron chi connectivity index (χ3n) is 4.81. The van der Waals surface area contributed by atoms with E-state index in [4.69, 9.17) is 8.84 Å². The van der Waals surface area contributed by atoms with E-state index in [1.54, 1.807) is 0 Å². The standard InChI is InChI=1S/C19H22O2Si.3CH3.Sn/c1-19(2,3)18(21-22(4)5)13-10-11-15-14-8-6-7-9-16(14)20-17(15)12-13;;;;/h6,8-12,18H,1-5H3;3*1H3;. The van der Waals surface area contributed by atoms with Gasteiger partial charge in [0.15, 0.2) is 0 Å². The first-order chi connectivity index (χ1) is 12.0. The normalized spacial score (nSPS) is 14.5. The van der Waals surface area contributed by atoms with E-state index < -0.39 is 27.4 Å². The van der Waals surface area contributed by atoms with Crippen molar-refractivity contribution < 1.29 is 8.84 Å². The Hall–Kier alpha value is -0.784. The minimum absolute atomic E-state index is 0.0511. The number of rotatable bonds is 4. The van der Waals surface area contributed by atoms with Crippen molar-refractivity contribution in [2.75, 3.05) is 0 Å². The number of fused-ring (bicyclic) bond motifs is 3. The summed E-state index contributed by atoms with van der Waals surface area (Å²) in [4.78, 5) is 7.32. The van der Waals surface area contributed by atoms with Crippen LogP contribution in [0, 0.1) is 5.41 Å². The zero-order chi connectivity index (χ0) is 19.3. The van der Waals surface area contributed by atoms with Crippen LogP contribution in [0.3, 0.4) is 0 Å². The Labute approximate surface area is 163 Å². The predicted molar refractivity (Wildman–Crippen MR) is 117 cm³/mol. The molecule has 0 saturated carbocycles. The monoisotopic (exact) mass is 475 g/mol. The molecule has 0 bridgehead atoms. The summed E-state index contributed by atoms with van der Waals surface area (Å²) in [6.07, 6.45) is 0.0883. The fourth-order valence-electron chi connectivity index (χ4n) is 3.40. The van der Waals surface area contributed by atoms with E-state index >= 15 is 0 Å². The maximum atomic E-state index is 6.36. The van der Waals surface area contributed by atoms with Gasteiger partial charge in [0.2, 0.25) is 0 Å². The van der Waals surface area contributed by atoms with Gasteiger partial charge in [-0.3, -0.25) is 0 Å². The average molecular weight is 474 g/mol. The summed E-state index contributed by atoms with van der Waals surface area (Å²) in [5, 5.41) is 2.42. The van der Waals surface area contributed by atoms with Gasteiger partial charge in [-0.2, -0.15) is 0 Å². The Bertz CT molecular complexity index is 929. The Morgan fingerprint density at radius 1 is 0.923 bits per heavy atom. The first kappa shape index (κ1) is 20.0. The minimum atomic E-state index is -2.10. The third-order valence-corrected chi connectivity index (χ3v) is 11.3. The molecule has 0 fully saturated rings. The van der Waals surface area contributed by atoms with E-state index in [-0.39, 0.29) is 11.5 Å². The van der Waals surface area contributed by atoms with Crippen molar-refractivity contribution in [3.05, 3.63) is 42.0 Å². The molecule has 1 aromatic heterocycles. The van der Waals surface area contributed by atoms with Crippen LogP contribution in [-0.4, -0.2) is 27.4 Å². The molecule has 0 N–H and O–H groups in total. The summed E-state index contributed by atoms with van der Waals surface area (Å²) >= 11 is -2.10. The summed E-state index contributed by atoms with van der Waals surface area (Å²) in [5.74, 6) is 0. The predicted octanol–water partition coefficient (Wildman–Crippen LogP) is 6.49. The Balaban J connectivity index is 2.12. The quantitative estimate of drug-likeness (QED) is 0.404. The van der Waals surface area contributed by atoms with E-state index in [1.807, 2.05) is 0 Å². The second-order valence-electron chi connectivity index (χ2n) is 9.59. The van der Waals surface area contributed by atoms with Gasteiger partial charge in [-0.25, -0.2) is 0 Å². The molecule has 139 valence electrons. The summed E-state index contributed by atoms with van der Waals surface area (Å²) in [6.45, 7) is 11.1. The zero-order valence-corrected chi connectivity index (χ0v) is 21.2. The van der Waals surface area contributed by atoms with Gasteiger partial charge in [0.1, 0.15) is 0 Å². The van der Waals surface area contributed by atoms with Crippen molar-refractivity contribution in [1.82, 2.24) is 0 Å². The van der Waals surface area contributed by atoms with Gasteiger partial charge in [0.05, 0.1) is 0 Å². The molecular weight excluding hydrogens is 443 g/mol. The van der Waals surface area contributed by atoms with Crippen LogP contribution in [0.1, 0.15) is 32.4 Å². The molecule has 2 nitrogen and oxygen atoms in total. The molecule has 1 unspecified atom stereocenters. The van der Waals surface area contributed by atoms with Crippen LogP contribution in [0.15, 0.2) is 40.8 Å². The number of hydrogen-bond donors (Lipinski definition) is 0. The molecule has 1 radical (unpaired) electrons. The SMILES string of the molecule is C[Si](C)OC(c1ccc2c(c1)oc1c[c]([Sn]([CH3])([CH3])[CH3])ccc12)C(C)(C)C. The van der Waals surface area contributed by atoms with Gasteiger partial charge in [0, 0.05) is 0 Å². The summed E-state index contributed by atoms with van der Waals surface area (Å²) in [6, 6.07) is 13.4. The number of hydrogen-bond acceptors (Lipinski definition) is 2. The van der Waals surface area contributed by atoms with E-state index in [0.717, 1.165) is 11.2 Å². The zero-order valence-electron chi connectivity index (χ0n) is 17.4. The van der Waals surface area contributed by atoms with Gasteiger partial charge in [-0.05, 0) is 0 Å². The number of furan rings is 1. The fourth-order valence-corrected chi connectivity index (χ4v) is 7.64. The molecule has 2 aromatic carbocycles. The molecule has 0 aliphatic rings. The van der Waals surface area contributed by atoms with E-state index in [2.05, 4.69) is 85.1 Å². The molecule has 4 heteroatoms. The van der Waals surface area contributed by atoms with Crippen molar-refractivity contribution in [2.24, 2.45) is 5.41 Å². The van der Waals surface area contributed by atoms with Crippen LogP contribution >= 0.6 is 0 Å². The van der Waals surface area contributed by atoms with Crippen LogP contribution in [0.25, 0.3) is 21.9 Å². The first-order valence-electron chi connectivity index (χ1n) is 9.40. The van der Waals surface area contributed by atoms with Crippen LogP contribution in [0.4, 0.5) is 0 Å². The molecule has 0 amide bonds. The van der Waals surface area contributed by atoms with Gasteiger partial charge in [-0.15, -0.1) is 0 Å². The molecule has 0 saturated heterocycles. The van der Waals surface area contributed by atoms with Gasteiger partial charge < -0.3 is 0 Å². The van der Waals surface area contributed by atoms with Crippen molar-refractivity contribution in [3.8, 4) is 0 Å². The molecule has 0 aliphatic carbocycles. The van der Waals surface area contributed by atoms with Gasteiger partial charge in [-0.1, -0.05) is 0 Å². The van der Waals surface area contributed by atoms with E-state index in [0.29, 0.717) is 0 Å². The molecule has 1 atom stereocenters. The van der Waals surface area contributed by atoms with Crippen molar-refractivity contribution in [3.63, 3.8) is 0 Å². The van der Waals surface area contributed by atoms with Crippen molar-refractivity contribution >= 4 is 52.9 Å². The second-order valence-corrected chi connectivity index (χ2v) is 26.1. The molecule has 3 rings (SSSR count). The van der Waals surface area contributed by atoms with Crippen LogP contribution in [0.2, 0.25) is 27.9 Å². The third kappa shape index (κ3) is 4.05. The number of benzene rings is 2. The average Bonchev–Trinajstić information content (AvgIpc) is 2.87. The molecule has 0 spiro atoms. The topological polar surface area (TPSA) is 22.4 Å². The Morgan fingerprint density at radius 3 is 2.04 bits per heavy atom. The molecule has 1 heterocycles. The maximum absolute atomic E-state index is 6.36. The Morgan fingerprint density at radius 2 is 1.50 bits per heavy atom. The van der Waals surface area contributed by atoms with Crippen molar-refractivity contribution in [2.45, 2.75) is 54.8 Å². The molecule has 0 aliphatic heterocycles. The van der Waals surface area contributed by atoms with E-state index in [1.165, 1.54) is 19.9 Å².